The molecule has 2 aliphatic heterocycles. The first-order chi connectivity index (χ1) is 6.86. The lowest BCUT2D eigenvalue weighted by Gasteiger charge is -2.27. The topological polar surface area (TPSA) is 49.8 Å². The van der Waals surface area contributed by atoms with Crippen molar-refractivity contribution in [2.45, 2.75) is 24.4 Å². The third-order valence-corrected chi connectivity index (χ3v) is 3.24. The molecule has 0 radical (unpaired) electrons. The first-order valence-corrected chi connectivity index (χ1v) is 5.11. The first kappa shape index (κ1) is 8.32. The van der Waals surface area contributed by atoms with E-state index in [1.807, 2.05) is 6.07 Å². The molecule has 4 heteroatoms. The van der Waals surface area contributed by atoms with Gasteiger partial charge in [0.15, 0.2) is 0 Å². The van der Waals surface area contributed by atoms with Gasteiger partial charge in [0.05, 0.1) is 5.69 Å². The predicted molar refractivity (Wildman–Crippen MR) is 52.9 cm³/mol. The summed E-state index contributed by atoms with van der Waals surface area (Å²) in [5.74, 6) is 0. The minimum atomic E-state index is 0.251. The summed E-state index contributed by atoms with van der Waals surface area (Å²) in [6, 6.07) is 4.68. The van der Waals surface area contributed by atoms with Crippen LogP contribution < -0.4 is 10.6 Å². The fourth-order valence-corrected chi connectivity index (χ4v) is 2.55. The van der Waals surface area contributed by atoms with Gasteiger partial charge in [-0.1, -0.05) is 0 Å². The zero-order valence-corrected chi connectivity index (χ0v) is 8.03. The van der Waals surface area contributed by atoms with Crippen LogP contribution in [0.5, 0.6) is 0 Å². The number of piperazine rings is 1. The quantitative estimate of drug-likeness (QED) is 0.673. The molecule has 0 saturated carbocycles. The fourth-order valence-electron chi connectivity index (χ4n) is 2.55. The number of hydrogen-bond donors (Lipinski definition) is 2. The molecular formula is C10H14N4. The van der Waals surface area contributed by atoms with Gasteiger partial charge in [0.2, 0.25) is 0 Å². The Hall–Kier alpha value is -1.00. The summed E-state index contributed by atoms with van der Waals surface area (Å²) in [6.07, 6.45) is 3.94. The van der Waals surface area contributed by atoms with Crippen LogP contribution in [0.4, 0.5) is 0 Å². The van der Waals surface area contributed by atoms with Crippen molar-refractivity contribution in [1.82, 2.24) is 20.8 Å². The zero-order valence-electron chi connectivity index (χ0n) is 8.03. The number of rotatable bonds is 2. The molecule has 74 valence electrons. The van der Waals surface area contributed by atoms with Crippen molar-refractivity contribution in [2.24, 2.45) is 0 Å². The van der Waals surface area contributed by atoms with Crippen molar-refractivity contribution in [1.29, 1.82) is 0 Å². The van der Waals surface area contributed by atoms with Gasteiger partial charge in [-0.15, -0.1) is 0 Å². The Morgan fingerprint density at radius 3 is 3.14 bits per heavy atom. The number of fused-ring (bicyclic) bond motifs is 2. The monoisotopic (exact) mass is 190 g/mol. The molecule has 2 atom stereocenters. The van der Waals surface area contributed by atoms with Gasteiger partial charge in [-0.05, 0) is 18.6 Å². The van der Waals surface area contributed by atoms with Crippen LogP contribution >= 0.6 is 0 Å². The van der Waals surface area contributed by atoms with Crippen molar-refractivity contribution in [2.75, 3.05) is 13.1 Å². The van der Waals surface area contributed by atoms with Crippen LogP contribution in [0, 0.1) is 0 Å². The second kappa shape index (κ2) is 3.00. The zero-order chi connectivity index (χ0) is 9.43. The van der Waals surface area contributed by atoms with Crippen LogP contribution in [0.2, 0.25) is 0 Å². The lowest BCUT2D eigenvalue weighted by molar-refractivity contribution is 0.373. The maximum absolute atomic E-state index is 4.14. The summed E-state index contributed by atoms with van der Waals surface area (Å²) in [5.41, 5.74) is 1.34. The molecule has 2 unspecified atom stereocenters. The lowest BCUT2D eigenvalue weighted by atomic mass is 9.94. The Morgan fingerprint density at radius 1 is 1.57 bits per heavy atom. The van der Waals surface area contributed by atoms with Gasteiger partial charge < -0.3 is 10.6 Å². The standard InChI is InChI=1S/C10H14N4/c1-2-8(14-13-3-1)4-10-5-9(6-12-10)11-7-10/h1-3,9,11-12H,4-7H2. The van der Waals surface area contributed by atoms with E-state index in [0.717, 1.165) is 25.2 Å². The van der Waals surface area contributed by atoms with Gasteiger partial charge in [-0.25, -0.2) is 0 Å². The molecule has 2 saturated heterocycles. The molecular weight excluding hydrogens is 176 g/mol. The Labute approximate surface area is 83.1 Å². The van der Waals surface area contributed by atoms with Crippen molar-refractivity contribution in [3.05, 3.63) is 24.0 Å². The van der Waals surface area contributed by atoms with Crippen LogP contribution in [-0.4, -0.2) is 34.9 Å². The summed E-state index contributed by atoms with van der Waals surface area (Å²) in [5, 5.41) is 15.1. The van der Waals surface area contributed by atoms with E-state index in [1.165, 1.54) is 6.42 Å². The predicted octanol–water partition coefficient (Wildman–Crippen LogP) is -0.277. The smallest absolute Gasteiger partial charge is 0.0650 e. The Kier molecular flexibility index (Phi) is 1.78. The summed E-state index contributed by atoms with van der Waals surface area (Å²) in [7, 11) is 0. The molecule has 3 heterocycles. The molecule has 14 heavy (non-hydrogen) atoms. The van der Waals surface area contributed by atoms with Gasteiger partial charge in [0, 0.05) is 37.3 Å². The van der Waals surface area contributed by atoms with Gasteiger partial charge in [0.25, 0.3) is 0 Å². The number of nitrogens with one attached hydrogen (secondary N) is 2. The third kappa shape index (κ3) is 1.31. The Balaban J connectivity index is 1.78. The fraction of sp³-hybridized carbons (Fsp3) is 0.600. The molecule has 1 aromatic heterocycles. The molecule has 0 aromatic carbocycles. The Bertz CT molecular complexity index is 316. The first-order valence-electron chi connectivity index (χ1n) is 5.11. The second-order valence-corrected chi connectivity index (χ2v) is 4.33. The van der Waals surface area contributed by atoms with Gasteiger partial charge in [0.1, 0.15) is 0 Å². The van der Waals surface area contributed by atoms with Crippen molar-refractivity contribution in [3.63, 3.8) is 0 Å². The normalized spacial score (nSPS) is 35.0. The second-order valence-electron chi connectivity index (χ2n) is 4.33. The van der Waals surface area contributed by atoms with E-state index in [1.54, 1.807) is 6.20 Å². The average Bonchev–Trinajstić information content (AvgIpc) is 2.78. The average molecular weight is 190 g/mol. The molecule has 0 amide bonds. The number of aromatic nitrogens is 2. The van der Waals surface area contributed by atoms with E-state index in [9.17, 15) is 0 Å². The largest absolute Gasteiger partial charge is 0.311 e. The Morgan fingerprint density at radius 2 is 2.57 bits per heavy atom. The van der Waals surface area contributed by atoms with Crippen LogP contribution in [0.15, 0.2) is 18.3 Å². The molecule has 2 bridgehead atoms. The van der Waals surface area contributed by atoms with Crippen LogP contribution in [0.25, 0.3) is 0 Å². The molecule has 3 rings (SSSR count). The molecule has 2 N–H and O–H groups in total. The van der Waals surface area contributed by atoms with Crippen LogP contribution in [0.1, 0.15) is 12.1 Å². The summed E-state index contributed by atoms with van der Waals surface area (Å²) in [6.45, 7) is 2.16. The van der Waals surface area contributed by atoms with Gasteiger partial charge in [-0.3, -0.25) is 0 Å². The van der Waals surface area contributed by atoms with E-state index in [2.05, 4.69) is 26.9 Å². The van der Waals surface area contributed by atoms with E-state index in [4.69, 9.17) is 0 Å². The van der Waals surface area contributed by atoms with E-state index in [-0.39, 0.29) is 5.54 Å². The van der Waals surface area contributed by atoms with Crippen LogP contribution in [0.3, 0.4) is 0 Å². The molecule has 0 spiro atoms. The summed E-state index contributed by atoms with van der Waals surface area (Å²) < 4.78 is 0. The SMILES string of the molecule is c1cnnc(CC23CNC(CN2)C3)c1. The minimum absolute atomic E-state index is 0.251. The molecule has 0 aliphatic carbocycles. The summed E-state index contributed by atoms with van der Waals surface area (Å²) in [4.78, 5) is 0. The maximum atomic E-state index is 4.14. The van der Waals surface area contributed by atoms with E-state index < -0.39 is 0 Å². The highest BCUT2D eigenvalue weighted by molar-refractivity contribution is 5.14. The van der Waals surface area contributed by atoms with Gasteiger partial charge in [-0.2, -0.15) is 10.2 Å². The molecule has 2 fully saturated rings. The van der Waals surface area contributed by atoms with Crippen molar-refractivity contribution in [3.8, 4) is 0 Å². The minimum Gasteiger partial charge on any atom is -0.311 e. The highest BCUT2D eigenvalue weighted by Gasteiger charge is 2.44. The third-order valence-electron chi connectivity index (χ3n) is 3.24. The highest BCUT2D eigenvalue weighted by Crippen LogP contribution is 2.28. The summed E-state index contributed by atoms with van der Waals surface area (Å²) >= 11 is 0. The highest BCUT2D eigenvalue weighted by atomic mass is 15.2. The molecule has 2 aliphatic rings. The maximum Gasteiger partial charge on any atom is 0.0650 e. The number of hydrogen-bond acceptors (Lipinski definition) is 4. The molecule has 1 aromatic rings. The lowest BCUT2D eigenvalue weighted by Crippen LogP contribution is -2.51. The van der Waals surface area contributed by atoms with Gasteiger partial charge >= 0.3 is 0 Å². The van der Waals surface area contributed by atoms with Crippen molar-refractivity contribution < 1.29 is 0 Å². The van der Waals surface area contributed by atoms with E-state index >= 15 is 0 Å². The van der Waals surface area contributed by atoms with Crippen molar-refractivity contribution >= 4 is 0 Å². The van der Waals surface area contributed by atoms with Crippen LogP contribution in [-0.2, 0) is 6.42 Å². The molecule has 4 nitrogen and oxygen atoms in total. The number of nitrogens with zero attached hydrogens (tertiary/aromatic N) is 2. The van der Waals surface area contributed by atoms with E-state index in [0.29, 0.717) is 6.04 Å².